The van der Waals surface area contributed by atoms with Crippen molar-refractivity contribution in [3.63, 3.8) is 0 Å². The minimum absolute atomic E-state index is 0.284. The van der Waals surface area contributed by atoms with Crippen molar-refractivity contribution in [2.45, 2.75) is 22.9 Å². The maximum Gasteiger partial charge on any atom is 0.153 e. The summed E-state index contributed by atoms with van der Waals surface area (Å²) in [6, 6.07) is 12.9. The van der Waals surface area contributed by atoms with E-state index < -0.39 is 18.3 Å². The second-order valence-electron chi connectivity index (χ2n) is 5.17. The number of ether oxygens (including phenoxy) is 1. The zero-order valence-corrected chi connectivity index (χ0v) is 13.3. The lowest BCUT2D eigenvalue weighted by Crippen LogP contribution is -2.50. The summed E-state index contributed by atoms with van der Waals surface area (Å²) in [6.45, 7) is 0. The van der Waals surface area contributed by atoms with Gasteiger partial charge in [0.1, 0.15) is 18.0 Å². The van der Waals surface area contributed by atoms with Crippen molar-refractivity contribution >= 4 is 35.2 Å². The predicted molar refractivity (Wildman–Crippen MR) is 90.3 cm³/mol. The van der Waals surface area contributed by atoms with Crippen LogP contribution < -0.4 is 4.74 Å². The highest BCUT2D eigenvalue weighted by molar-refractivity contribution is 8.10. The maximum absolute atomic E-state index is 10.2. The predicted octanol–water partition coefficient (Wildman–Crippen LogP) is 2.18. The zero-order valence-electron chi connectivity index (χ0n) is 11.6. The Hall–Kier alpha value is -1.39. The number of benzene rings is 2. The molecule has 2 aromatic rings. The van der Waals surface area contributed by atoms with Gasteiger partial charge in [-0.2, -0.15) is 17.9 Å². The number of fused-ring (bicyclic) bond motifs is 1. The Labute approximate surface area is 138 Å². The molecule has 0 aromatic heterocycles. The van der Waals surface area contributed by atoms with Crippen molar-refractivity contribution in [2.75, 3.05) is 5.75 Å². The van der Waals surface area contributed by atoms with Crippen LogP contribution >= 0.6 is 24.4 Å². The third-order valence-corrected chi connectivity index (χ3v) is 5.59. The standard InChI is InChI=1S/C16H15NO3S2/c17-7-9-4-5-11-10(6-9)2-1-3-13(11)20-15-12(18)8-22-16(21)14(15)19/h1-6,12,14-16,18-19,21H,8H2/t12-,14-,15+,16-/m1/s1. The molecule has 2 N–H and O–H groups in total. The topological polar surface area (TPSA) is 73.5 Å². The molecule has 114 valence electrons. The molecule has 0 spiro atoms. The van der Waals surface area contributed by atoms with Crippen molar-refractivity contribution in [3.05, 3.63) is 42.0 Å². The molecule has 1 aliphatic rings. The van der Waals surface area contributed by atoms with E-state index in [9.17, 15) is 10.2 Å². The van der Waals surface area contributed by atoms with Gasteiger partial charge in [-0.25, -0.2) is 0 Å². The quantitative estimate of drug-likeness (QED) is 0.735. The molecule has 1 aliphatic heterocycles. The highest BCUT2D eigenvalue weighted by Crippen LogP contribution is 2.34. The summed E-state index contributed by atoms with van der Waals surface area (Å²) in [5, 5.41) is 31.0. The summed E-state index contributed by atoms with van der Waals surface area (Å²) in [7, 11) is 0. The molecular weight excluding hydrogens is 318 g/mol. The van der Waals surface area contributed by atoms with E-state index in [0.717, 1.165) is 10.8 Å². The van der Waals surface area contributed by atoms with Crippen molar-refractivity contribution in [1.82, 2.24) is 0 Å². The van der Waals surface area contributed by atoms with Gasteiger partial charge >= 0.3 is 0 Å². The number of hydrogen-bond acceptors (Lipinski definition) is 6. The van der Waals surface area contributed by atoms with E-state index in [0.29, 0.717) is 17.1 Å². The first kappa shape index (κ1) is 15.5. The number of aliphatic hydroxyl groups is 2. The van der Waals surface area contributed by atoms with E-state index in [2.05, 4.69) is 18.7 Å². The van der Waals surface area contributed by atoms with E-state index in [4.69, 9.17) is 10.00 Å². The van der Waals surface area contributed by atoms with Crippen molar-refractivity contribution in [2.24, 2.45) is 0 Å². The van der Waals surface area contributed by atoms with Crippen molar-refractivity contribution in [3.8, 4) is 11.8 Å². The third kappa shape index (κ3) is 2.90. The van der Waals surface area contributed by atoms with Gasteiger partial charge in [-0.3, -0.25) is 0 Å². The SMILES string of the molecule is N#Cc1ccc2c(O[C@@H]3[C@@H](O)[C@H](S)SC[C@H]3O)cccc2c1. The van der Waals surface area contributed by atoms with Gasteiger partial charge in [0.25, 0.3) is 0 Å². The molecule has 1 heterocycles. The lowest BCUT2D eigenvalue weighted by Gasteiger charge is -2.35. The molecular formula is C16H15NO3S2. The minimum Gasteiger partial charge on any atom is -0.484 e. The molecule has 3 rings (SSSR count). The average Bonchev–Trinajstić information content (AvgIpc) is 2.54. The Morgan fingerprint density at radius 1 is 1.27 bits per heavy atom. The van der Waals surface area contributed by atoms with Gasteiger partial charge in [0, 0.05) is 11.1 Å². The molecule has 1 fully saturated rings. The third-order valence-electron chi connectivity index (χ3n) is 3.68. The van der Waals surface area contributed by atoms with Crippen molar-refractivity contribution < 1.29 is 14.9 Å². The Morgan fingerprint density at radius 3 is 2.86 bits per heavy atom. The van der Waals surface area contributed by atoms with Crippen LogP contribution in [0.2, 0.25) is 0 Å². The van der Waals surface area contributed by atoms with Crippen LogP contribution in [0.15, 0.2) is 36.4 Å². The maximum atomic E-state index is 10.2. The van der Waals surface area contributed by atoms with Crippen LogP contribution in [0.5, 0.6) is 5.75 Å². The lowest BCUT2D eigenvalue weighted by atomic mass is 10.1. The Kier molecular flexibility index (Phi) is 4.50. The first-order valence-corrected chi connectivity index (χ1v) is 8.42. The summed E-state index contributed by atoms with van der Waals surface area (Å²) < 4.78 is 5.61. The van der Waals surface area contributed by atoms with Crippen LogP contribution in [0.4, 0.5) is 0 Å². The molecule has 4 atom stereocenters. The number of thioether (sulfide) groups is 1. The fraction of sp³-hybridized carbons (Fsp3) is 0.312. The molecule has 2 aromatic carbocycles. The second-order valence-corrected chi connectivity index (χ2v) is 7.25. The molecule has 0 radical (unpaired) electrons. The minimum atomic E-state index is -0.856. The number of hydrogen-bond donors (Lipinski definition) is 3. The van der Waals surface area contributed by atoms with Crippen LogP contribution in [0.1, 0.15) is 5.56 Å². The first-order chi connectivity index (χ1) is 10.6. The summed E-state index contributed by atoms with van der Waals surface area (Å²) in [4.78, 5) is 0. The number of nitriles is 1. The Bertz CT molecular complexity index is 731. The number of thiol groups is 1. The number of aliphatic hydroxyl groups excluding tert-OH is 2. The van der Waals surface area contributed by atoms with Crippen LogP contribution in [-0.2, 0) is 0 Å². The summed E-state index contributed by atoms with van der Waals surface area (Å²) >= 11 is 5.71. The molecule has 1 saturated heterocycles. The molecule has 6 heteroatoms. The van der Waals surface area contributed by atoms with E-state index in [1.54, 1.807) is 18.2 Å². The summed E-state index contributed by atoms with van der Waals surface area (Å²) in [6.07, 6.45) is -2.33. The van der Waals surface area contributed by atoms with Gasteiger partial charge < -0.3 is 14.9 Å². The van der Waals surface area contributed by atoms with Crippen LogP contribution in [-0.4, -0.2) is 38.9 Å². The van der Waals surface area contributed by atoms with E-state index in [-0.39, 0.29) is 4.58 Å². The fourth-order valence-electron chi connectivity index (χ4n) is 2.50. The molecule has 0 aliphatic carbocycles. The summed E-state index contributed by atoms with van der Waals surface area (Å²) in [5.41, 5.74) is 0.578. The largest absolute Gasteiger partial charge is 0.484 e. The smallest absolute Gasteiger partial charge is 0.153 e. The molecule has 0 bridgehead atoms. The van der Waals surface area contributed by atoms with Crippen LogP contribution in [0.3, 0.4) is 0 Å². The average molecular weight is 333 g/mol. The van der Waals surface area contributed by atoms with Gasteiger partial charge in [-0.1, -0.05) is 12.1 Å². The number of rotatable bonds is 2. The van der Waals surface area contributed by atoms with E-state index >= 15 is 0 Å². The van der Waals surface area contributed by atoms with Crippen molar-refractivity contribution in [1.29, 1.82) is 5.26 Å². The van der Waals surface area contributed by atoms with E-state index in [1.807, 2.05) is 18.2 Å². The van der Waals surface area contributed by atoms with Gasteiger partial charge in [-0.15, -0.1) is 11.8 Å². The van der Waals surface area contributed by atoms with Gasteiger partial charge in [0.2, 0.25) is 0 Å². The van der Waals surface area contributed by atoms with Crippen LogP contribution in [0.25, 0.3) is 10.8 Å². The monoisotopic (exact) mass is 333 g/mol. The number of nitrogens with zero attached hydrogens (tertiary/aromatic N) is 1. The van der Waals surface area contributed by atoms with E-state index in [1.165, 1.54) is 11.8 Å². The normalized spacial score (nSPS) is 28.3. The highest BCUT2D eigenvalue weighted by Gasteiger charge is 2.38. The first-order valence-electron chi connectivity index (χ1n) is 6.85. The van der Waals surface area contributed by atoms with Gasteiger partial charge in [-0.05, 0) is 29.7 Å². The molecule has 0 unspecified atom stereocenters. The summed E-state index contributed by atoms with van der Waals surface area (Å²) in [5.74, 6) is 1.05. The molecule has 4 nitrogen and oxygen atoms in total. The lowest BCUT2D eigenvalue weighted by molar-refractivity contribution is -0.0312. The second kappa shape index (κ2) is 6.39. The molecule has 0 saturated carbocycles. The van der Waals surface area contributed by atoms with Gasteiger partial charge in [0.15, 0.2) is 6.10 Å². The molecule has 22 heavy (non-hydrogen) atoms. The zero-order chi connectivity index (χ0) is 15.7. The Balaban J connectivity index is 1.95. The Morgan fingerprint density at radius 2 is 2.09 bits per heavy atom. The fourth-order valence-corrected chi connectivity index (χ4v) is 3.87. The molecule has 0 amide bonds. The highest BCUT2D eigenvalue weighted by atomic mass is 32.2. The van der Waals surface area contributed by atoms with Gasteiger partial charge in [0.05, 0.1) is 16.2 Å². The van der Waals surface area contributed by atoms with Crippen LogP contribution in [0, 0.1) is 11.3 Å².